The number of unbranched alkanes of at least 4 members (excludes halogenated alkanes) is 2. The van der Waals surface area contributed by atoms with E-state index in [9.17, 15) is 29.1 Å². The van der Waals surface area contributed by atoms with Crippen LogP contribution in [0.15, 0.2) is 58.5 Å². The molecule has 0 radical (unpaired) electrons. The van der Waals surface area contributed by atoms with Gasteiger partial charge in [0.05, 0.1) is 23.6 Å². The van der Waals surface area contributed by atoms with E-state index in [-0.39, 0.29) is 41.3 Å². The Labute approximate surface area is 275 Å². The van der Waals surface area contributed by atoms with Gasteiger partial charge in [-0.25, -0.2) is 4.79 Å². The van der Waals surface area contributed by atoms with Gasteiger partial charge in [0.1, 0.15) is 6.10 Å². The third-order valence-electron chi connectivity index (χ3n) is 8.16. The van der Waals surface area contributed by atoms with Gasteiger partial charge in [0.15, 0.2) is 6.10 Å². The van der Waals surface area contributed by atoms with Crippen LogP contribution in [0.1, 0.15) is 66.2 Å². The van der Waals surface area contributed by atoms with Crippen molar-refractivity contribution in [2.45, 2.75) is 90.6 Å². The molecule has 0 aromatic carbocycles. The minimum atomic E-state index is -1.01. The Morgan fingerprint density at radius 2 is 1.79 bits per heavy atom. The van der Waals surface area contributed by atoms with Gasteiger partial charge in [-0.1, -0.05) is 44.6 Å². The summed E-state index contributed by atoms with van der Waals surface area (Å²) in [5.41, 5.74) is 6.31. The zero-order valence-corrected chi connectivity index (χ0v) is 28.0. The van der Waals surface area contributed by atoms with E-state index in [4.69, 9.17) is 25.1 Å². The van der Waals surface area contributed by atoms with Crippen molar-refractivity contribution in [2.24, 2.45) is 17.6 Å². The number of hydrogen-bond acceptors (Lipinski definition) is 10. The van der Waals surface area contributed by atoms with Gasteiger partial charge >= 0.3 is 12.1 Å². The molecular formula is C34H49N3O10. The Hall–Kier alpha value is -4.07. The number of carboxylic acid groups (broad SMARTS) is 1. The standard InChI is InChI=1S/C34H49N3O10/c1-19-15-23-29(36-14-9-7-8-13-28(39)40)25(38)18-24(31(23)42)37-33(43)20(2)11-10-12-26(45-5)32(47-34(35)44)22(4)17-21(3)30(41)27(16-19)46-6/h10-12,17-19,21,26-27,30,32,36,41H,7-9,13-16H2,1-6H3,(H2,35,44)(H,37,43)(H,39,40)/b12-10-,20-11+,22-17+/t19-,21+,26?,27?,30?,32?/m1/s1. The lowest BCUT2D eigenvalue weighted by atomic mass is 9.85. The van der Waals surface area contributed by atoms with Crippen LogP contribution in [0, 0.1) is 11.8 Å². The number of allylic oxidation sites excluding steroid dienone is 4. The van der Waals surface area contributed by atoms with Crippen molar-refractivity contribution in [3.63, 3.8) is 0 Å². The Morgan fingerprint density at radius 1 is 1.09 bits per heavy atom. The van der Waals surface area contributed by atoms with E-state index in [1.807, 2.05) is 6.92 Å². The quantitative estimate of drug-likeness (QED) is 0.131. The molecule has 0 aromatic heterocycles. The molecule has 1 aliphatic carbocycles. The van der Waals surface area contributed by atoms with Gasteiger partial charge in [-0.3, -0.25) is 19.2 Å². The number of nitrogens with one attached hydrogen (secondary N) is 2. The van der Waals surface area contributed by atoms with Crippen molar-refractivity contribution < 1.29 is 48.4 Å². The third kappa shape index (κ3) is 11.9. The van der Waals surface area contributed by atoms with Gasteiger partial charge in [0.25, 0.3) is 5.91 Å². The molecule has 2 bridgehead atoms. The Kier molecular flexibility index (Phi) is 15.7. The van der Waals surface area contributed by atoms with Crippen LogP contribution in [-0.2, 0) is 33.4 Å². The smallest absolute Gasteiger partial charge is 0.405 e. The molecule has 2 rings (SSSR count). The minimum Gasteiger partial charge on any atom is -0.481 e. The zero-order chi connectivity index (χ0) is 35.3. The fourth-order valence-electron chi connectivity index (χ4n) is 5.57. The van der Waals surface area contributed by atoms with Crippen molar-refractivity contribution in [1.29, 1.82) is 0 Å². The predicted molar refractivity (Wildman–Crippen MR) is 174 cm³/mol. The summed E-state index contributed by atoms with van der Waals surface area (Å²) in [4.78, 5) is 62.7. The van der Waals surface area contributed by atoms with E-state index in [0.717, 1.165) is 6.08 Å². The van der Waals surface area contributed by atoms with Gasteiger partial charge < -0.3 is 40.8 Å². The number of carboxylic acids is 1. The fraction of sp³-hybridized carbons (Fsp3) is 0.559. The van der Waals surface area contributed by atoms with E-state index in [1.54, 1.807) is 26.0 Å². The monoisotopic (exact) mass is 659 g/mol. The van der Waals surface area contributed by atoms with E-state index in [2.05, 4.69) is 10.6 Å². The molecule has 0 spiro atoms. The Bertz CT molecular complexity index is 1330. The van der Waals surface area contributed by atoms with Gasteiger partial charge in [-0.2, -0.15) is 0 Å². The molecule has 0 fully saturated rings. The molecule has 2 aliphatic rings. The number of primary amides is 1. The number of carbonyl (C=O) groups excluding carboxylic acids is 4. The highest BCUT2D eigenvalue weighted by molar-refractivity contribution is 6.23. The number of aliphatic hydroxyl groups excluding tert-OH is 1. The molecular weight excluding hydrogens is 610 g/mol. The second-order valence-electron chi connectivity index (χ2n) is 12.1. The van der Waals surface area contributed by atoms with Crippen LogP contribution in [0.4, 0.5) is 4.79 Å². The molecule has 1 heterocycles. The number of ether oxygens (including phenoxy) is 3. The molecule has 0 saturated heterocycles. The van der Waals surface area contributed by atoms with E-state index in [1.165, 1.54) is 33.3 Å². The molecule has 47 heavy (non-hydrogen) atoms. The number of carbonyl (C=O) groups is 5. The molecule has 1 aliphatic heterocycles. The zero-order valence-electron chi connectivity index (χ0n) is 28.0. The molecule has 6 N–H and O–H groups in total. The van der Waals surface area contributed by atoms with Crippen molar-refractivity contribution in [3.8, 4) is 0 Å². The first-order valence-corrected chi connectivity index (χ1v) is 15.7. The first-order chi connectivity index (χ1) is 22.2. The molecule has 13 nitrogen and oxygen atoms in total. The number of hydrogen-bond donors (Lipinski definition) is 5. The molecule has 6 atom stereocenters. The number of rotatable bonds is 10. The minimum absolute atomic E-state index is 0.0491. The summed E-state index contributed by atoms with van der Waals surface area (Å²) in [6, 6.07) is 0. The van der Waals surface area contributed by atoms with Crippen LogP contribution in [0.5, 0.6) is 0 Å². The lowest BCUT2D eigenvalue weighted by molar-refractivity contribution is -0.137. The maximum atomic E-state index is 13.8. The first-order valence-electron chi connectivity index (χ1n) is 15.7. The van der Waals surface area contributed by atoms with E-state index in [0.29, 0.717) is 37.8 Å². The van der Waals surface area contributed by atoms with Crippen LogP contribution >= 0.6 is 0 Å². The maximum absolute atomic E-state index is 13.8. The van der Waals surface area contributed by atoms with Crippen LogP contribution in [-0.4, -0.2) is 84.9 Å². The number of ketones is 2. The van der Waals surface area contributed by atoms with E-state index >= 15 is 0 Å². The highest BCUT2D eigenvalue weighted by Gasteiger charge is 2.33. The number of methoxy groups -OCH3 is 2. The number of amides is 2. The lowest BCUT2D eigenvalue weighted by Crippen LogP contribution is -2.38. The van der Waals surface area contributed by atoms with Gasteiger partial charge in [0.2, 0.25) is 11.6 Å². The number of nitrogens with two attached hydrogens (primary N) is 1. The molecule has 0 aromatic rings. The summed E-state index contributed by atoms with van der Waals surface area (Å²) in [6.45, 7) is 7.27. The highest BCUT2D eigenvalue weighted by atomic mass is 16.6. The molecule has 0 saturated carbocycles. The van der Waals surface area contributed by atoms with Crippen molar-refractivity contribution in [1.82, 2.24) is 10.6 Å². The molecule has 2 amide bonds. The Morgan fingerprint density at radius 3 is 2.40 bits per heavy atom. The summed E-state index contributed by atoms with van der Waals surface area (Å²) in [7, 11) is 2.90. The first kappa shape index (κ1) is 39.1. The molecule has 13 heteroatoms. The predicted octanol–water partition coefficient (Wildman–Crippen LogP) is 3.00. The average molecular weight is 660 g/mol. The summed E-state index contributed by atoms with van der Waals surface area (Å²) in [5.74, 6) is -3.18. The summed E-state index contributed by atoms with van der Waals surface area (Å²) in [6.07, 6.45) is 5.25. The van der Waals surface area contributed by atoms with Crippen molar-refractivity contribution in [3.05, 3.63) is 58.5 Å². The summed E-state index contributed by atoms with van der Waals surface area (Å²) in [5, 5.41) is 25.8. The van der Waals surface area contributed by atoms with Gasteiger partial charge in [-0.15, -0.1) is 0 Å². The second-order valence-corrected chi connectivity index (χ2v) is 12.1. The summed E-state index contributed by atoms with van der Waals surface area (Å²) < 4.78 is 16.6. The molecule has 260 valence electrons. The number of aliphatic hydroxyl groups is 1. The second kappa shape index (κ2) is 18.9. The van der Waals surface area contributed by atoms with Crippen molar-refractivity contribution in [2.75, 3.05) is 20.8 Å². The lowest BCUT2D eigenvalue weighted by Gasteiger charge is -2.30. The molecule has 4 unspecified atom stereocenters. The van der Waals surface area contributed by atoms with Crippen LogP contribution in [0.2, 0.25) is 0 Å². The summed E-state index contributed by atoms with van der Waals surface area (Å²) >= 11 is 0. The number of fused-ring (bicyclic) bond motifs is 2. The SMILES string of the molecule is COC1/C=C\C=C(/C)C(=O)NC2=CC(=O)C(NCCCCCC(=O)O)=C(C[C@@H](C)CC(OC)C(O)[C@@H](C)/C=C(\C)C1OC(N)=O)C2=O. The average Bonchev–Trinajstić information content (AvgIpc) is 3.00. The topological polar surface area (TPSA) is 204 Å². The third-order valence-corrected chi connectivity index (χ3v) is 8.16. The van der Waals surface area contributed by atoms with Gasteiger partial charge in [-0.05, 0) is 51.0 Å². The van der Waals surface area contributed by atoms with Crippen LogP contribution in [0.25, 0.3) is 0 Å². The largest absolute Gasteiger partial charge is 0.481 e. The normalized spacial score (nSPS) is 29.5. The number of Topliss-reactive ketones (excluding diaryl/α,β-unsaturated/α-hetero) is 1. The van der Waals surface area contributed by atoms with Crippen LogP contribution in [0.3, 0.4) is 0 Å². The fourth-order valence-corrected chi connectivity index (χ4v) is 5.57. The highest BCUT2D eigenvalue weighted by Crippen LogP contribution is 2.29. The Balaban J connectivity index is 2.52. The van der Waals surface area contributed by atoms with Crippen LogP contribution < -0.4 is 16.4 Å². The van der Waals surface area contributed by atoms with Crippen molar-refractivity contribution >= 4 is 29.5 Å². The maximum Gasteiger partial charge on any atom is 0.405 e. The number of aliphatic carboxylic acids is 1. The van der Waals surface area contributed by atoms with E-state index < -0.39 is 59.9 Å². The van der Waals surface area contributed by atoms with Gasteiger partial charge in [0, 0.05) is 50.3 Å².